The van der Waals surface area contributed by atoms with Crippen LogP contribution in [0.25, 0.3) is 0 Å². The normalized spacial score (nSPS) is 13.5. The summed E-state index contributed by atoms with van der Waals surface area (Å²) < 4.78 is 0. The summed E-state index contributed by atoms with van der Waals surface area (Å²) in [6.45, 7) is 6.46. The average Bonchev–Trinajstić information content (AvgIpc) is 2.82. The van der Waals surface area contributed by atoms with Crippen molar-refractivity contribution in [3.8, 4) is 0 Å². The number of hydrogen-bond donors (Lipinski definition) is 2. The van der Waals surface area contributed by atoms with E-state index in [2.05, 4.69) is 22.1 Å². The Morgan fingerprint density at radius 1 is 0.844 bits per heavy atom. The predicted octanol–water partition coefficient (Wildman–Crippen LogP) is 5.94. The van der Waals surface area contributed by atoms with Gasteiger partial charge in [0.05, 0.1) is 11.4 Å². The predicted molar refractivity (Wildman–Crippen MR) is 127 cm³/mol. The standard InChI is InChI=1S/C24H27N3O4S/c1-4-7-12-27-19-10-8-15(23(28)17(5-2)25-30)13-21(19)32-22-14-16(9-11-20(22)27)24(29)18(6-3)26-31/h8-11,13-14,30-31H,4-7,12H2,1-3H3. The Kier molecular flexibility index (Phi) is 7.69. The molecule has 3 rings (SSSR count). The first-order chi connectivity index (χ1) is 15.5. The maximum absolute atomic E-state index is 12.7. The molecule has 0 spiro atoms. The highest BCUT2D eigenvalue weighted by molar-refractivity contribution is 7.99. The van der Waals surface area contributed by atoms with Gasteiger partial charge < -0.3 is 15.3 Å². The summed E-state index contributed by atoms with van der Waals surface area (Å²) in [7, 11) is 0. The number of nitrogens with zero attached hydrogens (tertiary/aromatic N) is 3. The lowest BCUT2D eigenvalue weighted by Gasteiger charge is -2.33. The molecule has 7 nitrogen and oxygen atoms in total. The molecule has 1 heterocycles. The molecule has 1 aliphatic heterocycles. The Hall–Kier alpha value is -3.13. The second kappa shape index (κ2) is 10.5. The zero-order chi connectivity index (χ0) is 23.3. The Bertz CT molecular complexity index is 1010. The van der Waals surface area contributed by atoms with Crippen molar-refractivity contribution < 1.29 is 20.0 Å². The third kappa shape index (κ3) is 4.55. The van der Waals surface area contributed by atoms with E-state index >= 15 is 0 Å². The van der Waals surface area contributed by atoms with Gasteiger partial charge in [-0.05, 0) is 55.7 Å². The van der Waals surface area contributed by atoms with E-state index in [1.807, 2.05) is 24.3 Å². The van der Waals surface area contributed by atoms with Crippen LogP contribution in [-0.2, 0) is 0 Å². The summed E-state index contributed by atoms with van der Waals surface area (Å²) in [5.74, 6) is -0.611. The minimum atomic E-state index is -0.306. The fourth-order valence-electron chi connectivity index (χ4n) is 3.61. The van der Waals surface area contributed by atoms with Crippen LogP contribution in [0, 0.1) is 0 Å². The first kappa shape index (κ1) is 23.5. The molecule has 0 unspecified atom stereocenters. The number of ketones is 2. The average molecular weight is 454 g/mol. The molecule has 168 valence electrons. The molecule has 1 aliphatic rings. The summed E-state index contributed by atoms with van der Waals surface area (Å²) in [6, 6.07) is 11.0. The lowest BCUT2D eigenvalue weighted by Crippen LogP contribution is -2.23. The van der Waals surface area contributed by atoms with E-state index in [4.69, 9.17) is 10.4 Å². The molecule has 0 saturated heterocycles. The van der Waals surface area contributed by atoms with Gasteiger partial charge in [0.2, 0.25) is 11.6 Å². The number of anilines is 2. The third-order valence-corrected chi connectivity index (χ3v) is 6.51. The molecular weight excluding hydrogens is 426 g/mol. The number of fused-ring (bicyclic) bond motifs is 2. The molecule has 0 atom stereocenters. The fraction of sp³-hybridized carbons (Fsp3) is 0.333. The maximum atomic E-state index is 12.7. The minimum Gasteiger partial charge on any atom is -0.411 e. The van der Waals surface area contributed by atoms with E-state index in [-0.39, 0.29) is 23.0 Å². The van der Waals surface area contributed by atoms with Gasteiger partial charge in [0.25, 0.3) is 0 Å². The molecule has 0 aliphatic carbocycles. The lowest BCUT2D eigenvalue weighted by molar-refractivity contribution is 0.105. The molecule has 8 heteroatoms. The van der Waals surface area contributed by atoms with Gasteiger partial charge in [0.15, 0.2) is 0 Å². The van der Waals surface area contributed by atoms with Crippen LogP contribution in [0.15, 0.2) is 56.5 Å². The number of Topliss-reactive ketones (excluding diaryl/α,β-unsaturated/α-hetero) is 2. The zero-order valence-corrected chi connectivity index (χ0v) is 19.3. The molecule has 0 radical (unpaired) electrons. The summed E-state index contributed by atoms with van der Waals surface area (Å²) in [4.78, 5) is 29.4. The molecule has 0 bridgehead atoms. The molecule has 0 fully saturated rings. The summed E-state index contributed by atoms with van der Waals surface area (Å²) in [6.07, 6.45) is 2.69. The van der Waals surface area contributed by atoms with E-state index in [0.717, 1.165) is 40.6 Å². The highest BCUT2D eigenvalue weighted by Gasteiger charge is 2.26. The van der Waals surface area contributed by atoms with E-state index in [1.165, 1.54) is 11.8 Å². The number of hydrogen-bond acceptors (Lipinski definition) is 8. The summed E-state index contributed by atoms with van der Waals surface area (Å²) in [5.41, 5.74) is 3.12. The van der Waals surface area contributed by atoms with Crippen LogP contribution in [0.5, 0.6) is 0 Å². The van der Waals surface area contributed by atoms with Crippen molar-refractivity contribution in [1.82, 2.24) is 0 Å². The fourth-order valence-corrected chi connectivity index (χ4v) is 4.79. The second-order valence-corrected chi connectivity index (χ2v) is 8.51. The Labute approximate surface area is 191 Å². The first-order valence-corrected chi connectivity index (χ1v) is 11.5. The number of rotatable bonds is 9. The summed E-state index contributed by atoms with van der Waals surface area (Å²) >= 11 is 1.49. The maximum Gasteiger partial charge on any atom is 0.210 e. The van der Waals surface area contributed by atoms with Gasteiger partial charge in [0.1, 0.15) is 11.4 Å². The number of unbranched alkanes of at least 4 members (excludes halogenated alkanes) is 1. The van der Waals surface area contributed by atoms with Crippen LogP contribution < -0.4 is 4.90 Å². The van der Waals surface area contributed by atoms with Crippen molar-refractivity contribution >= 4 is 46.1 Å². The highest BCUT2D eigenvalue weighted by atomic mass is 32.2. The first-order valence-electron chi connectivity index (χ1n) is 10.7. The molecule has 2 N–H and O–H groups in total. The van der Waals surface area contributed by atoms with Gasteiger partial charge in [-0.15, -0.1) is 0 Å². The molecule has 0 saturated carbocycles. The van der Waals surface area contributed by atoms with Crippen molar-refractivity contribution in [2.45, 2.75) is 56.2 Å². The van der Waals surface area contributed by atoms with Crippen LogP contribution in [0.2, 0.25) is 0 Å². The van der Waals surface area contributed by atoms with Crippen molar-refractivity contribution in [3.63, 3.8) is 0 Å². The molecule has 2 aromatic rings. The van der Waals surface area contributed by atoms with Gasteiger partial charge in [0, 0.05) is 27.5 Å². The van der Waals surface area contributed by atoms with Crippen LogP contribution in [0.3, 0.4) is 0 Å². The largest absolute Gasteiger partial charge is 0.411 e. The molecule has 0 aromatic heterocycles. The quantitative estimate of drug-likeness (QED) is 0.211. The smallest absolute Gasteiger partial charge is 0.210 e. The lowest BCUT2D eigenvalue weighted by atomic mass is 10.0. The second-order valence-electron chi connectivity index (χ2n) is 7.43. The van der Waals surface area contributed by atoms with Crippen molar-refractivity contribution in [2.24, 2.45) is 10.3 Å². The molecule has 2 aromatic carbocycles. The van der Waals surface area contributed by atoms with Crippen LogP contribution in [-0.4, -0.2) is 39.9 Å². The molecular formula is C24H27N3O4S. The number of carbonyl (C=O) groups excluding carboxylic acids is 2. The highest BCUT2D eigenvalue weighted by Crippen LogP contribution is 2.49. The van der Waals surface area contributed by atoms with Gasteiger partial charge in [-0.3, -0.25) is 9.59 Å². The minimum absolute atomic E-state index is 0.109. The van der Waals surface area contributed by atoms with E-state index < -0.39 is 0 Å². The number of carbonyl (C=O) groups is 2. The Balaban J connectivity index is 2.05. The van der Waals surface area contributed by atoms with Crippen molar-refractivity contribution in [2.75, 3.05) is 11.4 Å². The molecule has 0 amide bonds. The van der Waals surface area contributed by atoms with Crippen LogP contribution in [0.4, 0.5) is 11.4 Å². The van der Waals surface area contributed by atoms with Gasteiger partial charge in [-0.2, -0.15) is 0 Å². The van der Waals surface area contributed by atoms with Gasteiger partial charge in [-0.1, -0.05) is 49.3 Å². The monoisotopic (exact) mass is 453 g/mol. The Morgan fingerprint density at radius 3 is 1.69 bits per heavy atom. The van der Waals surface area contributed by atoms with E-state index in [1.54, 1.807) is 26.0 Å². The topological polar surface area (TPSA) is 103 Å². The van der Waals surface area contributed by atoms with Crippen LogP contribution >= 0.6 is 11.8 Å². The third-order valence-electron chi connectivity index (χ3n) is 5.42. The summed E-state index contributed by atoms with van der Waals surface area (Å²) in [5, 5.41) is 24.5. The zero-order valence-electron chi connectivity index (χ0n) is 18.5. The Morgan fingerprint density at radius 2 is 1.31 bits per heavy atom. The van der Waals surface area contributed by atoms with E-state index in [0.29, 0.717) is 24.0 Å². The van der Waals surface area contributed by atoms with Gasteiger partial charge >= 0.3 is 0 Å². The van der Waals surface area contributed by atoms with Gasteiger partial charge in [-0.25, -0.2) is 0 Å². The SMILES string of the molecule is CCCCN1c2ccc(C(=O)C(CC)=NO)cc2Sc2cc(C(=O)C(CC)=NO)ccc21. The number of benzene rings is 2. The number of oxime groups is 2. The van der Waals surface area contributed by atoms with Crippen LogP contribution in [0.1, 0.15) is 67.2 Å². The van der Waals surface area contributed by atoms with E-state index in [9.17, 15) is 9.59 Å². The van der Waals surface area contributed by atoms with Crippen molar-refractivity contribution in [3.05, 3.63) is 47.5 Å². The van der Waals surface area contributed by atoms with Crippen molar-refractivity contribution in [1.29, 1.82) is 0 Å². The molecule has 32 heavy (non-hydrogen) atoms.